The van der Waals surface area contributed by atoms with E-state index in [0.717, 1.165) is 0 Å². The molecule has 0 spiro atoms. The molecule has 4 nitrogen and oxygen atoms in total. The van der Waals surface area contributed by atoms with Gasteiger partial charge in [-0.05, 0) is 30.3 Å². The largest absolute Gasteiger partial charge is 0.485 e. The second-order valence-corrected chi connectivity index (χ2v) is 5.04. The quantitative estimate of drug-likeness (QED) is 0.858. The Kier molecular flexibility index (Phi) is 4.83. The van der Waals surface area contributed by atoms with Gasteiger partial charge < -0.3 is 10.5 Å². The number of para-hydroxylation sites is 1. The first-order chi connectivity index (χ1) is 9.99. The van der Waals surface area contributed by atoms with E-state index in [-0.39, 0.29) is 28.7 Å². The lowest BCUT2D eigenvalue weighted by Gasteiger charge is -2.09. The molecular weight excluding hydrogens is 313 g/mol. The molecule has 2 N–H and O–H groups in total. The second-order valence-electron chi connectivity index (χ2n) is 4.20. The molecular formula is C15H11Cl2NO3. The van der Waals surface area contributed by atoms with E-state index >= 15 is 0 Å². The van der Waals surface area contributed by atoms with Gasteiger partial charge in [0.05, 0.1) is 10.6 Å². The Morgan fingerprint density at radius 1 is 1.05 bits per heavy atom. The van der Waals surface area contributed by atoms with Gasteiger partial charge in [0.2, 0.25) is 5.78 Å². The Morgan fingerprint density at radius 3 is 2.43 bits per heavy atom. The number of halogens is 2. The minimum Gasteiger partial charge on any atom is -0.485 e. The van der Waals surface area contributed by atoms with Crippen LogP contribution in [0.1, 0.15) is 20.7 Å². The maximum absolute atomic E-state index is 12.1. The first-order valence-electron chi connectivity index (χ1n) is 5.99. The first kappa shape index (κ1) is 15.4. The molecule has 2 aromatic carbocycles. The zero-order chi connectivity index (χ0) is 15.4. The van der Waals surface area contributed by atoms with Crippen LogP contribution in [0.4, 0.5) is 0 Å². The average Bonchev–Trinajstić information content (AvgIpc) is 2.45. The van der Waals surface area contributed by atoms with Gasteiger partial charge in [0.1, 0.15) is 5.75 Å². The lowest BCUT2D eigenvalue weighted by Crippen LogP contribution is -2.16. The first-order valence-corrected chi connectivity index (χ1v) is 6.74. The predicted octanol–water partition coefficient (Wildman–Crippen LogP) is 3.35. The van der Waals surface area contributed by atoms with Crippen molar-refractivity contribution in [1.29, 1.82) is 0 Å². The van der Waals surface area contributed by atoms with E-state index in [4.69, 9.17) is 33.7 Å². The van der Waals surface area contributed by atoms with Gasteiger partial charge in [0, 0.05) is 10.6 Å². The summed E-state index contributed by atoms with van der Waals surface area (Å²) in [4.78, 5) is 23.3. The molecule has 6 heteroatoms. The molecule has 0 heterocycles. The number of Topliss-reactive ketones (excluding diaryl/α,β-unsaturated/α-hetero) is 1. The van der Waals surface area contributed by atoms with Gasteiger partial charge in [-0.2, -0.15) is 0 Å². The van der Waals surface area contributed by atoms with Crippen LogP contribution in [0.5, 0.6) is 5.75 Å². The number of carbonyl (C=O) groups is 2. The lowest BCUT2D eigenvalue weighted by molar-refractivity contribution is 0.0912. The van der Waals surface area contributed by atoms with Gasteiger partial charge in [0.25, 0.3) is 5.91 Å². The number of primary amides is 1. The van der Waals surface area contributed by atoms with Crippen LogP contribution < -0.4 is 10.5 Å². The van der Waals surface area contributed by atoms with Crippen LogP contribution in [0.2, 0.25) is 10.0 Å². The Bertz CT molecular complexity index is 701. The molecule has 0 bridgehead atoms. The summed E-state index contributed by atoms with van der Waals surface area (Å²) < 4.78 is 5.36. The summed E-state index contributed by atoms with van der Waals surface area (Å²) in [6, 6.07) is 11.0. The fourth-order valence-corrected chi connectivity index (χ4v) is 2.25. The van der Waals surface area contributed by atoms with Gasteiger partial charge in [-0.25, -0.2) is 0 Å². The molecule has 0 aliphatic carbocycles. The average molecular weight is 324 g/mol. The summed E-state index contributed by atoms with van der Waals surface area (Å²) in [6.07, 6.45) is 0. The second kappa shape index (κ2) is 6.61. The highest BCUT2D eigenvalue weighted by molar-refractivity contribution is 6.36. The molecule has 21 heavy (non-hydrogen) atoms. The molecule has 108 valence electrons. The zero-order valence-electron chi connectivity index (χ0n) is 10.8. The molecule has 1 amide bonds. The third-order valence-corrected chi connectivity index (χ3v) is 3.29. The number of hydrogen-bond donors (Lipinski definition) is 1. The predicted molar refractivity (Wildman–Crippen MR) is 81.2 cm³/mol. The molecule has 0 saturated carbocycles. The number of rotatable bonds is 5. The van der Waals surface area contributed by atoms with Gasteiger partial charge in [-0.1, -0.05) is 35.3 Å². The molecule has 0 aromatic heterocycles. The van der Waals surface area contributed by atoms with Crippen molar-refractivity contribution in [1.82, 2.24) is 0 Å². The Morgan fingerprint density at radius 2 is 1.76 bits per heavy atom. The van der Waals surface area contributed by atoms with E-state index in [1.807, 2.05) is 0 Å². The Hall–Kier alpha value is -2.04. The number of nitrogens with two attached hydrogens (primary N) is 1. The third-order valence-electron chi connectivity index (χ3n) is 2.74. The number of carbonyl (C=O) groups excluding carboxylic acids is 2. The summed E-state index contributed by atoms with van der Waals surface area (Å²) in [6.45, 7) is -0.258. The van der Waals surface area contributed by atoms with E-state index in [0.29, 0.717) is 10.6 Å². The summed E-state index contributed by atoms with van der Waals surface area (Å²) >= 11 is 11.7. The summed E-state index contributed by atoms with van der Waals surface area (Å²) in [5.74, 6) is -0.693. The van der Waals surface area contributed by atoms with E-state index in [9.17, 15) is 9.59 Å². The van der Waals surface area contributed by atoms with Gasteiger partial charge in [-0.3, -0.25) is 9.59 Å². The molecule has 2 aromatic rings. The number of hydrogen-bond acceptors (Lipinski definition) is 3. The van der Waals surface area contributed by atoms with Crippen LogP contribution in [0.25, 0.3) is 0 Å². The highest BCUT2D eigenvalue weighted by Gasteiger charge is 2.14. The van der Waals surface area contributed by atoms with Crippen LogP contribution in [0, 0.1) is 0 Å². The summed E-state index contributed by atoms with van der Waals surface area (Å²) in [5.41, 5.74) is 5.75. The highest BCUT2D eigenvalue weighted by atomic mass is 35.5. The fraction of sp³-hybridized carbons (Fsp3) is 0.0667. The van der Waals surface area contributed by atoms with E-state index in [1.54, 1.807) is 24.3 Å². The minimum absolute atomic E-state index is 0.215. The van der Waals surface area contributed by atoms with Crippen LogP contribution in [0.15, 0.2) is 42.5 Å². The fourth-order valence-electron chi connectivity index (χ4n) is 1.73. The Labute approximate surface area is 131 Å². The minimum atomic E-state index is -0.623. The lowest BCUT2D eigenvalue weighted by atomic mass is 10.1. The van der Waals surface area contributed by atoms with Crippen molar-refractivity contribution in [2.24, 2.45) is 5.73 Å². The third kappa shape index (κ3) is 3.74. The van der Waals surface area contributed by atoms with Crippen molar-refractivity contribution >= 4 is 34.9 Å². The van der Waals surface area contributed by atoms with Crippen molar-refractivity contribution < 1.29 is 14.3 Å². The van der Waals surface area contributed by atoms with Gasteiger partial charge in [0.15, 0.2) is 6.61 Å². The molecule has 0 atom stereocenters. The van der Waals surface area contributed by atoms with Crippen LogP contribution in [-0.2, 0) is 0 Å². The summed E-state index contributed by atoms with van der Waals surface area (Å²) in [5, 5.41) is 0.691. The number of amides is 1. The van der Waals surface area contributed by atoms with Crippen molar-refractivity contribution in [3.8, 4) is 5.75 Å². The molecule has 0 aliphatic heterocycles. The Balaban J connectivity index is 2.13. The maximum Gasteiger partial charge on any atom is 0.252 e. The SMILES string of the molecule is NC(=O)c1ccccc1OCC(=O)c1ccc(Cl)cc1Cl. The van der Waals surface area contributed by atoms with Gasteiger partial charge in [-0.15, -0.1) is 0 Å². The topological polar surface area (TPSA) is 69.4 Å². The maximum atomic E-state index is 12.1. The zero-order valence-corrected chi connectivity index (χ0v) is 12.3. The van der Waals surface area contributed by atoms with E-state index in [1.165, 1.54) is 18.2 Å². The van der Waals surface area contributed by atoms with Crippen molar-refractivity contribution in [2.75, 3.05) is 6.61 Å². The van der Waals surface area contributed by atoms with Crippen LogP contribution in [0.3, 0.4) is 0 Å². The standard InChI is InChI=1S/C15H11Cl2NO3/c16-9-5-6-10(12(17)7-9)13(19)8-21-14-4-2-1-3-11(14)15(18)20/h1-7H,8H2,(H2,18,20). The van der Waals surface area contributed by atoms with E-state index in [2.05, 4.69) is 0 Å². The number of ether oxygens (including phenoxy) is 1. The molecule has 2 rings (SSSR count). The normalized spacial score (nSPS) is 10.2. The van der Waals surface area contributed by atoms with Crippen molar-refractivity contribution in [3.05, 3.63) is 63.6 Å². The number of ketones is 1. The molecule has 0 unspecified atom stereocenters. The molecule has 0 saturated heterocycles. The highest BCUT2D eigenvalue weighted by Crippen LogP contribution is 2.22. The van der Waals surface area contributed by atoms with Crippen molar-refractivity contribution in [2.45, 2.75) is 0 Å². The van der Waals surface area contributed by atoms with Crippen molar-refractivity contribution in [3.63, 3.8) is 0 Å². The van der Waals surface area contributed by atoms with Crippen LogP contribution >= 0.6 is 23.2 Å². The molecule has 0 fully saturated rings. The van der Waals surface area contributed by atoms with E-state index < -0.39 is 5.91 Å². The molecule has 0 radical (unpaired) electrons. The smallest absolute Gasteiger partial charge is 0.252 e. The van der Waals surface area contributed by atoms with Gasteiger partial charge >= 0.3 is 0 Å². The summed E-state index contributed by atoms with van der Waals surface area (Å²) in [7, 11) is 0. The number of benzene rings is 2. The molecule has 0 aliphatic rings. The monoisotopic (exact) mass is 323 g/mol. The van der Waals surface area contributed by atoms with Crippen LogP contribution in [-0.4, -0.2) is 18.3 Å².